The number of allylic oxidation sites excluding steroid dienone is 5. The fraction of sp³-hybridized carbons (Fsp3) is 0.556. The lowest BCUT2D eigenvalue weighted by molar-refractivity contribution is -0.114. The molecule has 0 saturated carbocycles. The van der Waals surface area contributed by atoms with E-state index < -0.39 is 11.6 Å². The lowest BCUT2D eigenvalue weighted by Gasteiger charge is -2.31. The molecule has 3 rings (SSSR count). The first-order valence-electron chi connectivity index (χ1n) is 16.3. The maximum Gasteiger partial charge on any atom is 0.202 e. The van der Waals surface area contributed by atoms with Gasteiger partial charge in [-0.3, -0.25) is 9.59 Å². The average Bonchev–Trinajstić information content (AvgIpc) is 2.97. The lowest BCUT2D eigenvalue weighted by Crippen LogP contribution is -2.30. The van der Waals surface area contributed by atoms with Gasteiger partial charge in [0.1, 0.15) is 23.0 Å². The van der Waals surface area contributed by atoms with E-state index in [1.54, 1.807) is 12.1 Å². The predicted molar refractivity (Wildman–Crippen MR) is 177 cm³/mol. The Labute approximate surface area is 263 Å². The van der Waals surface area contributed by atoms with Crippen molar-refractivity contribution in [2.24, 2.45) is 11.8 Å². The maximum absolute atomic E-state index is 13.9. The highest BCUT2D eigenvalue weighted by Gasteiger charge is 2.43. The van der Waals surface area contributed by atoms with Crippen LogP contribution in [0, 0.1) is 11.8 Å². The van der Waals surface area contributed by atoms with Crippen LogP contribution in [0.2, 0.25) is 0 Å². The topological polar surface area (TPSA) is 99.5 Å². The number of benzene rings is 1. The molecule has 0 atom stereocenters. The van der Waals surface area contributed by atoms with Crippen molar-refractivity contribution in [2.45, 2.75) is 81.1 Å². The Morgan fingerprint density at radius 3 is 1.77 bits per heavy atom. The highest BCUT2D eigenvalue weighted by Crippen LogP contribution is 2.48. The summed E-state index contributed by atoms with van der Waals surface area (Å²) in [5.74, 6) is -0.445. The largest absolute Gasteiger partial charge is 0.507 e. The van der Waals surface area contributed by atoms with Crippen LogP contribution in [0.4, 0.5) is 5.69 Å². The van der Waals surface area contributed by atoms with E-state index in [9.17, 15) is 19.8 Å². The molecule has 0 saturated heterocycles. The number of carbonyl (C=O) groups is 2. The number of nitrogens with zero attached hydrogens (tertiary/aromatic N) is 2. The smallest absolute Gasteiger partial charge is 0.202 e. The number of aliphatic hydroxyl groups excluding tert-OH is 1. The van der Waals surface area contributed by atoms with Crippen molar-refractivity contribution < 1.29 is 29.3 Å². The van der Waals surface area contributed by atoms with Crippen molar-refractivity contribution in [3.63, 3.8) is 0 Å². The Morgan fingerprint density at radius 2 is 1.25 bits per heavy atom. The quantitative estimate of drug-likeness (QED) is 0.177. The minimum Gasteiger partial charge on any atom is -0.507 e. The Morgan fingerprint density at radius 1 is 0.705 bits per heavy atom. The molecule has 0 bridgehead atoms. The number of carbonyl (C=O) groups excluding carboxylic acids is 2. The van der Waals surface area contributed by atoms with Crippen LogP contribution in [0.5, 0.6) is 11.5 Å². The number of aliphatic hydroxyl groups is 1. The van der Waals surface area contributed by atoms with Gasteiger partial charge in [-0.15, -0.1) is 0 Å². The SMILES string of the molecule is CCCN(CCC)C1=CC(=O)/C(=C2\C(=O)C(c3c(O)cc(N(CCC)CCC)cc3OCC(C)C)=C2O)C(OCC(C)C)=C1. The predicted octanol–water partition coefficient (Wildman–Crippen LogP) is 7.35. The van der Waals surface area contributed by atoms with Gasteiger partial charge in [-0.2, -0.15) is 0 Å². The van der Waals surface area contributed by atoms with Crippen LogP contribution in [0.1, 0.15) is 86.6 Å². The summed E-state index contributed by atoms with van der Waals surface area (Å²) < 4.78 is 12.2. The first-order valence-corrected chi connectivity index (χ1v) is 16.3. The highest BCUT2D eigenvalue weighted by molar-refractivity contribution is 6.42. The van der Waals surface area contributed by atoms with Gasteiger partial charge in [-0.05, 0) is 37.5 Å². The van der Waals surface area contributed by atoms with Crippen LogP contribution in [0.15, 0.2) is 52.6 Å². The van der Waals surface area contributed by atoms with Gasteiger partial charge < -0.3 is 29.5 Å². The molecule has 242 valence electrons. The molecule has 2 aliphatic carbocycles. The standard InChI is InChI=1S/C36H52N2O6/c1-9-13-37(14-10-2)25-17-27(39)31(29(19-25)43-21-23(5)6)33-35(41)34(36(33)42)32-28(40)18-26(38(15-11-3)16-12-4)20-30(32)44-22-24(7)8/h17-20,23-24,39,41H,9-16,21-22H2,1-8H3/b34-32+. The first kappa shape index (κ1) is 34.8. The second-order valence-electron chi connectivity index (χ2n) is 12.5. The normalized spacial score (nSPS) is 16.8. The summed E-state index contributed by atoms with van der Waals surface area (Å²) in [6.07, 6.45) is 7.01. The van der Waals surface area contributed by atoms with Crippen LogP contribution >= 0.6 is 0 Å². The van der Waals surface area contributed by atoms with Crippen LogP contribution in [-0.4, -0.2) is 66.1 Å². The van der Waals surface area contributed by atoms with E-state index in [1.807, 2.05) is 33.8 Å². The second kappa shape index (κ2) is 15.9. The van der Waals surface area contributed by atoms with Crippen LogP contribution in [-0.2, 0) is 14.3 Å². The summed E-state index contributed by atoms with van der Waals surface area (Å²) >= 11 is 0. The van der Waals surface area contributed by atoms with E-state index in [4.69, 9.17) is 9.47 Å². The summed E-state index contributed by atoms with van der Waals surface area (Å²) in [4.78, 5) is 31.8. The van der Waals surface area contributed by atoms with E-state index in [0.29, 0.717) is 19.0 Å². The summed E-state index contributed by atoms with van der Waals surface area (Å²) in [5, 5.41) is 22.7. The molecule has 0 aromatic heterocycles. The molecule has 0 amide bonds. The molecule has 2 N–H and O–H groups in total. The van der Waals surface area contributed by atoms with E-state index in [2.05, 4.69) is 37.5 Å². The third kappa shape index (κ3) is 7.88. The zero-order valence-electron chi connectivity index (χ0n) is 28.0. The highest BCUT2D eigenvalue weighted by atomic mass is 16.5. The van der Waals surface area contributed by atoms with Gasteiger partial charge in [-0.1, -0.05) is 55.4 Å². The van der Waals surface area contributed by atoms with Gasteiger partial charge in [0.15, 0.2) is 5.78 Å². The molecule has 0 unspecified atom stereocenters. The molecular formula is C36H52N2O6. The third-order valence-corrected chi connectivity index (χ3v) is 7.39. The van der Waals surface area contributed by atoms with Crippen molar-refractivity contribution >= 4 is 22.8 Å². The van der Waals surface area contributed by atoms with E-state index in [0.717, 1.165) is 63.2 Å². The van der Waals surface area contributed by atoms with Crippen molar-refractivity contribution in [1.82, 2.24) is 4.90 Å². The molecule has 44 heavy (non-hydrogen) atoms. The molecule has 0 radical (unpaired) electrons. The van der Waals surface area contributed by atoms with Crippen molar-refractivity contribution in [3.8, 4) is 11.5 Å². The Kier molecular flexibility index (Phi) is 12.6. The molecule has 2 aliphatic rings. The van der Waals surface area contributed by atoms with Gasteiger partial charge in [-0.25, -0.2) is 0 Å². The number of phenols is 1. The molecular weight excluding hydrogens is 556 g/mol. The zero-order valence-corrected chi connectivity index (χ0v) is 28.0. The number of hydrogen-bond donors (Lipinski definition) is 2. The first-order chi connectivity index (χ1) is 21.0. The maximum atomic E-state index is 13.9. The van der Waals surface area contributed by atoms with Crippen molar-refractivity contribution in [3.05, 3.63) is 58.2 Å². The van der Waals surface area contributed by atoms with E-state index in [-0.39, 0.29) is 51.4 Å². The average molecular weight is 609 g/mol. The van der Waals surface area contributed by atoms with Crippen molar-refractivity contribution in [2.75, 3.05) is 44.3 Å². The summed E-state index contributed by atoms with van der Waals surface area (Å²) in [7, 11) is 0. The van der Waals surface area contributed by atoms with E-state index in [1.165, 1.54) is 6.08 Å². The number of rotatable bonds is 17. The number of hydrogen-bond acceptors (Lipinski definition) is 8. The molecule has 8 nitrogen and oxygen atoms in total. The second-order valence-corrected chi connectivity index (χ2v) is 12.5. The molecule has 1 aromatic rings. The van der Waals surface area contributed by atoms with Gasteiger partial charge in [0, 0.05) is 61.8 Å². The van der Waals surface area contributed by atoms with Gasteiger partial charge in [0.25, 0.3) is 0 Å². The minimum atomic E-state index is -0.530. The number of Topliss-reactive ketones (excluding diaryl/α,β-unsaturated/α-hetero) is 1. The Bertz CT molecular complexity index is 1320. The summed E-state index contributed by atoms with van der Waals surface area (Å²) in [6.45, 7) is 20.3. The Balaban J connectivity index is 2.17. The van der Waals surface area contributed by atoms with Gasteiger partial charge in [0.05, 0.1) is 35.5 Å². The molecule has 8 heteroatoms. The summed E-state index contributed by atoms with van der Waals surface area (Å²) in [5.41, 5.74) is 1.56. The van der Waals surface area contributed by atoms with Crippen LogP contribution in [0.3, 0.4) is 0 Å². The fourth-order valence-corrected chi connectivity index (χ4v) is 5.45. The van der Waals surface area contributed by atoms with Gasteiger partial charge >= 0.3 is 0 Å². The number of anilines is 1. The van der Waals surface area contributed by atoms with Crippen LogP contribution < -0.4 is 9.64 Å². The Hall–Kier alpha value is -3.68. The monoisotopic (exact) mass is 608 g/mol. The molecule has 1 aromatic carbocycles. The van der Waals surface area contributed by atoms with E-state index >= 15 is 0 Å². The number of ketones is 2. The zero-order chi connectivity index (χ0) is 32.6. The number of ether oxygens (including phenoxy) is 2. The molecule has 0 spiro atoms. The summed E-state index contributed by atoms with van der Waals surface area (Å²) in [6, 6.07) is 3.45. The number of aromatic hydroxyl groups is 1. The third-order valence-electron chi connectivity index (χ3n) is 7.39. The molecule has 0 heterocycles. The minimum absolute atomic E-state index is 0.0476. The lowest BCUT2D eigenvalue weighted by atomic mass is 9.78. The van der Waals surface area contributed by atoms with Crippen molar-refractivity contribution in [1.29, 1.82) is 0 Å². The van der Waals surface area contributed by atoms with Crippen LogP contribution in [0.25, 0.3) is 5.57 Å². The molecule has 0 aliphatic heterocycles. The van der Waals surface area contributed by atoms with Gasteiger partial charge in [0.2, 0.25) is 5.78 Å². The number of phenolic OH excluding ortho intramolecular Hbond substituents is 1. The molecule has 0 fully saturated rings. The fourth-order valence-electron chi connectivity index (χ4n) is 5.45.